The predicted octanol–water partition coefficient (Wildman–Crippen LogP) is 5.97. The van der Waals surface area contributed by atoms with Crippen LogP contribution in [0.15, 0.2) is 57.1 Å². The molecule has 1 aliphatic carbocycles. The van der Waals surface area contributed by atoms with E-state index in [2.05, 4.69) is 15.9 Å². The van der Waals surface area contributed by atoms with Crippen molar-refractivity contribution in [3.63, 3.8) is 0 Å². The van der Waals surface area contributed by atoms with Crippen LogP contribution in [-0.4, -0.2) is 49.5 Å². The van der Waals surface area contributed by atoms with Gasteiger partial charge in [-0.2, -0.15) is 0 Å². The topological polar surface area (TPSA) is 94.4 Å². The Kier molecular flexibility index (Phi) is 8.72. The van der Waals surface area contributed by atoms with Gasteiger partial charge in [0.05, 0.1) is 29.2 Å². The average molecular weight is 591 g/mol. The van der Waals surface area contributed by atoms with E-state index < -0.39 is 17.8 Å². The van der Waals surface area contributed by atoms with Crippen LogP contribution in [0.4, 0.5) is 0 Å². The Balaban J connectivity index is 1.80. The van der Waals surface area contributed by atoms with Gasteiger partial charge in [-0.05, 0) is 77.5 Å². The molecule has 37 heavy (non-hydrogen) atoms. The van der Waals surface area contributed by atoms with Crippen LogP contribution < -0.4 is 4.74 Å². The number of fused-ring (bicyclic) bond motifs is 1. The number of aliphatic imine (C=N–C) groups is 1. The van der Waals surface area contributed by atoms with Gasteiger partial charge in [-0.25, -0.2) is 4.79 Å². The molecule has 1 saturated carbocycles. The maximum atomic E-state index is 13.8. The molecule has 1 unspecified atom stereocenters. The van der Waals surface area contributed by atoms with Crippen molar-refractivity contribution in [3.8, 4) is 11.5 Å². The minimum absolute atomic E-state index is 0.00759. The number of aromatic hydroxyl groups is 1. The molecule has 9 heteroatoms. The number of esters is 1. The first kappa shape index (κ1) is 27.4. The van der Waals surface area contributed by atoms with E-state index in [-0.39, 0.29) is 36.4 Å². The van der Waals surface area contributed by atoms with Gasteiger partial charge in [0.25, 0.3) is 0 Å². The lowest BCUT2D eigenvalue weighted by Gasteiger charge is -2.38. The molecule has 0 bridgehead atoms. The van der Waals surface area contributed by atoms with Crippen LogP contribution in [0.1, 0.15) is 49.7 Å². The Bertz CT molecular complexity index is 1260. The third-order valence-corrected chi connectivity index (χ3v) is 7.60. The number of hydrogen-bond acceptors (Lipinski definition) is 7. The summed E-state index contributed by atoms with van der Waals surface area (Å²) in [6.45, 7) is 4.25. The molecule has 0 spiro atoms. The highest BCUT2D eigenvalue weighted by Gasteiger charge is 2.46. The number of rotatable bonds is 8. The van der Waals surface area contributed by atoms with Crippen molar-refractivity contribution in [3.05, 3.63) is 68.3 Å². The van der Waals surface area contributed by atoms with Crippen molar-refractivity contribution in [1.82, 2.24) is 0 Å². The van der Waals surface area contributed by atoms with Gasteiger partial charge in [0.1, 0.15) is 12.4 Å². The lowest BCUT2D eigenvalue weighted by Crippen LogP contribution is -2.41. The summed E-state index contributed by atoms with van der Waals surface area (Å²) >= 11 is 9.47. The Morgan fingerprint density at radius 3 is 2.54 bits per heavy atom. The molecule has 1 N–H and O–H groups in total. The van der Waals surface area contributed by atoms with Gasteiger partial charge in [-0.1, -0.05) is 23.7 Å². The Hall–Kier alpha value is -2.68. The number of hydrogen-bond donors (Lipinski definition) is 1. The zero-order chi connectivity index (χ0) is 26.7. The second-order valence-electron chi connectivity index (χ2n) is 9.09. The summed E-state index contributed by atoms with van der Waals surface area (Å²) in [5.41, 5.74) is 3.23. The molecule has 1 fully saturated rings. The minimum atomic E-state index is -0.641. The second-order valence-corrected chi connectivity index (χ2v) is 10.4. The molecule has 4 rings (SSSR count). The fourth-order valence-electron chi connectivity index (χ4n) is 5.11. The van der Waals surface area contributed by atoms with Gasteiger partial charge in [0.2, 0.25) is 0 Å². The number of Topliss-reactive ketones (excluding diaryl/α,β-unsaturated/α-hetero) is 1. The van der Waals surface area contributed by atoms with E-state index in [4.69, 9.17) is 30.8 Å². The second kappa shape index (κ2) is 11.8. The van der Waals surface area contributed by atoms with Crippen molar-refractivity contribution in [2.75, 3.05) is 26.9 Å². The van der Waals surface area contributed by atoms with Crippen molar-refractivity contribution in [1.29, 1.82) is 0 Å². The molecular formula is C28H29BrClNO6. The number of carbonyl (C=O) groups is 2. The highest BCUT2D eigenvalue weighted by atomic mass is 79.9. The summed E-state index contributed by atoms with van der Waals surface area (Å²) < 4.78 is 16.6. The van der Waals surface area contributed by atoms with Crippen LogP contribution in [0.5, 0.6) is 11.5 Å². The Morgan fingerprint density at radius 2 is 1.86 bits per heavy atom. The highest BCUT2D eigenvalue weighted by Crippen LogP contribution is 2.48. The van der Waals surface area contributed by atoms with Crippen molar-refractivity contribution >= 4 is 45.0 Å². The molecule has 0 amide bonds. The van der Waals surface area contributed by atoms with E-state index >= 15 is 0 Å². The maximum Gasteiger partial charge on any atom is 0.336 e. The first-order chi connectivity index (χ1) is 17.7. The summed E-state index contributed by atoms with van der Waals surface area (Å²) in [6.07, 6.45) is 0.889. The van der Waals surface area contributed by atoms with E-state index in [0.29, 0.717) is 45.8 Å². The number of ketones is 1. The number of methoxy groups -OCH3 is 1. The Labute approximate surface area is 229 Å². The van der Waals surface area contributed by atoms with Crippen LogP contribution >= 0.6 is 27.5 Å². The van der Waals surface area contributed by atoms with Crippen molar-refractivity contribution < 1.29 is 28.9 Å². The zero-order valence-electron chi connectivity index (χ0n) is 20.9. The molecule has 1 heterocycles. The average Bonchev–Trinajstić information content (AvgIpc) is 2.86. The van der Waals surface area contributed by atoms with Gasteiger partial charge < -0.3 is 19.3 Å². The predicted molar refractivity (Wildman–Crippen MR) is 145 cm³/mol. The lowest BCUT2D eigenvalue weighted by atomic mass is 9.66. The number of phenols is 1. The minimum Gasteiger partial charge on any atom is -0.503 e. The van der Waals surface area contributed by atoms with E-state index in [1.165, 1.54) is 7.11 Å². The fraction of sp³-hybridized carbons (Fsp3) is 0.393. The van der Waals surface area contributed by atoms with Gasteiger partial charge in [-0.15, -0.1) is 0 Å². The first-order valence-corrected chi connectivity index (χ1v) is 13.3. The molecule has 0 saturated heterocycles. The number of ether oxygens (including phenoxy) is 3. The number of halogens is 2. The van der Waals surface area contributed by atoms with Crippen molar-refractivity contribution in [2.45, 2.75) is 38.5 Å². The van der Waals surface area contributed by atoms with Crippen molar-refractivity contribution in [2.24, 2.45) is 10.9 Å². The number of allylic oxidation sites excluding steroid dienone is 1. The normalized spacial score (nSPS) is 21.4. The molecular weight excluding hydrogens is 562 g/mol. The van der Waals surface area contributed by atoms with E-state index in [0.717, 1.165) is 11.3 Å². The molecule has 2 aromatic rings. The molecule has 2 aromatic carbocycles. The van der Waals surface area contributed by atoms with Crippen LogP contribution in [0.3, 0.4) is 0 Å². The van der Waals surface area contributed by atoms with E-state index in [1.807, 2.05) is 31.2 Å². The molecule has 3 atom stereocenters. The SMILES string of the molecule is CCOc1cc([C@H]2C(C(=O)OCCOC)=C(C)N=C3C[C@@H](c4ccc(Cl)cc4)CC(=O)C32)cc(Br)c1O. The van der Waals surface area contributed by atoms with Crippen LogP contribution in [-0.2, 0) is 19.1 Å². The van der Waals surface area contributed by atoms with Gasteiger partial charge in [-0.3, -0.25) is 9.79 Å². The molecule has 0 aromatic heterocycles. The third-order valence-electron chi connectivity index (χ3n) is 6.75. The molecule has 7 nitrogen and oxygen atoms in total. The lowest BCUT2D eigenvalue weighted by molar-refractivity contribution is -0.140. The molecule has 0 radical (unpaired) electrons. The fourth-order valence-corrected chi connectivity index (χ4v) is 5.69. The van der Waals surface area contributed by atoms with Crippen LogP contribution in [0.2, 0.25) is 5.02 Å². The summed E-state index contributed by atoms with van der Waals surface area (Å²) in [5.74, 6) is -1.64. The number of nitrogens with zero attached hydrogens (tertiary/aromatic N) is 1. The highest BCUT2D eigenvalue weighted by molar-refractivity contribution is 9.10. The third kappa shape index (κ3) is 5.76. The summed E-state index contributed by atoms with van der Waals surface area (Å²) in [5, 5.41) is 11.1. The number of phenolic OH excluding ortho intramolecular Hbond substituents is 1. The molecule has 2 aliphatic rings. The number of benzene rings is 2. The maximum absolute atomic E-state index is 13.8. The standard InChI is InChI=1S/C28H29BrClNO6/c1-4-36-23-14-18(11-20(29)27(23)33)25-24(28(34)37-10-9-35-3)15(2)31-21-12-17(13-22(32)26(21)25)16-5-7-19(30)8-6-16/h5-8,11,14,17,25-26,33H,4,9-10,12-13H2,1-3H3/t17-,25+,26?/m1/s1. The monoisotopic (exact) mass is 589 g/mol. The van der Waals surface area contributed by atoms with Gasteiger partial charge in [0, 0.05) is 35.9 Å². The quantitative estimate of drug-likeness (QED) is 0.301. The first-order valence-electron chi connectivity index (χ1n) is 12.1. The van der Waals surface area contributed by atoms with Gasteiger partial charge >= 0.3 is 5.97 Å². The summed E-state index contributed by atoms with van der Waals surface area (Å²) in [7, 11) is 1.53. The van der Waals surface area contributed by atoms with Gasteiger partial charge in [0.15, 0.2) is 11.5 Å². The number of carbonyl (C=O) groups excluding carboxylic acids is 2. The largest absolute Gasteiger partial charge is 0.503 e. The zero-order valence-corrected chi connectivity index (χ0v) is 23.3. The van der Waals surface area contributed by atoms with Crippen LogP contribution in [0, 0.1) is 5.92 Å². The Morgan fingerprint density at radius 1 is 1.14 bits per heavy atom. The molecule has 1 aliphatic heterocycles. The van der Waals surface area contributed by atoms with E-state index in [9.17, 15) is 14.7 Å². The molecule has 196 valence electrons. The summed E-state index contributed by atoms with van der Waals surface area (Å²) in [6, 6.07) is 10.9. The van der Waals surface area contributed by atoms with E-state index in [1.54, 1.807) is 19.1 Å². The van der Waals surface area contributed by atoms with Crippen LogP contribution in [0.25, 0.3) is 0 Å². The summed E-state index contributed by atoms with van der Waals surface area (Å²) in [4.78, 5) is 31.9. The smallest absolute Gasteiger partial charge is 0.336 e.